The molecule has 2 aromatic heterocycles. The first-order chi connectivity index (χ1) is 8.43. The van der Waals surface area contributed by atoms with E-state index in [1.54, 1.807) is 18.5 Å². The fraction of sp³-hybridized carbons (Fsp3) is 0.455. The number of hydrogen-bond donors (Lipinski definition) is 1. The predicted molar refractivity (Wildman–Crippen MR) is 60.2 cm³/mol. The normalized spacial score (nSPS) is 20.4. The first-order valence-electron chi connectivity index (χ1n) is 5.75. The summed E-state index contributed by atoms with van der Waals surface area (Å²) in [5.74, 6) is 1.96. The van der Waals surface area contributed by atoms with Crippen LogP contribution in [-0.2, 0) is 0 Å². The van der Waals surface area contributed by atoms with E-state index in [1.165, 1.54) is 0 Å². The second-order valence-electron chi connectivity index (χ2n) is 4.07. The van der Waals surface area contributed by atoms with Crippen LogP contribution in [0.5, 0.6) is 0 Å². The molecule has 1 N–H and O–H groups in total. The lowest BCUT2D eigenvalue weighted by Gasteiger charge is -2.18. The molecule has 0 radical (unpaired) electrons. The van der Waals surface area contributed by atoms with E-state index in [-0.39, 0.29) is 0 Å². The van der Waals surface area contributed by atoms with Crippen molar-refractivity contribution in [1.29, 1.82) is 0 Å². The van der Waals surface area contributed by atoms with E-state index in [9.17, 15) is 0 Å². The van der Waals surface area contributed by atoms with Crippen LogP contribution in [0.3, 0.4) is 0 Å². The van der Waals surface area contributed by atoms with Gasteiger partial charge in [-0.15, -0.1) is 0 Å². The molecule has 0 aliphatic carbocycles. The summed E-state index contributed by atoms with van der Waals surface area (Å²) in [5, 5.41) is 7.25. The van der Waals surface area contributed by atoms with E-state index in [2.05, 4.69) is 25.4 Å². The molecule has 1 aliphatic heterocycles. The van der Waals surface area contributed by atoms with Gasteiger partial charge in [0.15, 0.2) is 0 Å². The van der Waals surface area contributed by atoms with Crippen LogP contribution in [-0.4, -0.2) is 33.2 Å². The highest BCUT2D eigenvalue weighted by atomic mass is 16.5. The average molecular weight is 231 g/mol. The Hall–Kier alpha value is -1.82. The highest BCUT2D eigenvalue weighted by Crippen LogP contribution is 2.22. The minimum atomic E-state index is 0.314. The lowest BCUT2D eigenvalue weighted by Crippen LogP contribution is -2.28. The van der Waals surface area contributed by atoms with Gasteiger partial charge < -0.3 is 9.84 Å². The molecule has 0 aromatic carbocycles. The second kappa shape index (κ2) is 4.58. The van der Waals surface area contributed by atoms with Gasteiger partial charge in [-0.1, -0.05) is 5.16 Å². The summed E-state index contributed by atoms with van der Waals surface area (Å²) < 4.78 is 5.28. The Labute approximate surface area is 98.5 Å². The summed E-state index contributed by atoms with van der Waals surface area (Å²) >= 11 is 0. The van der Waals surface area contributed by atoms with Crippen LogP contribution in [0.15, 0.2) is 23.0 Å². The molecule has 3 heterocycles. The smallest absolute Gasteiger partial charge is 0.240 e. The molecule has 0 unspecified atom stereocenters. The van der Waals surface area contributed by atoms with Gasteiger partial charge in [0, 0.05) is 18.9 Å². The van der Waals surface area contributed by atoms with E-state index in [1.807, 2.05) is 0 Å². The molecule has 0 spiro atoms. The van der Waals surface area contributed by atoms with Crippen LogP contribution in [0.2, 0.25) is 0 Å². The van der Waals surface area contributed by atoms with Crippen LogP contribution in [0.25, 0.3) is 11.6 Å². The van der Waals surface area contributed by atoms with Crippen LogP contribution < -0.4 is 5.32 Å². The van der Waals surface area contributed by atoms with Gasteiger partial charge >= 0.3 is 0 Å². The van der Waals surface area contributed by atoms with Crippen LogP contribution in [0.4, 0.5) is 0 Å². The SMILES string of the molecule is c1cnc(-c2noc([C@@H]3CCCNC3)n2)nc1. The molecular formula is C11H13N5O. The Morgan fingerprint density at radius 3 is 2.88 bits per heavy atom. The van der Waals surface area contributed by atoms with Gasteiger partial charge in [0.1, 0.15) is 0 Å². The van der Waals surface area contributed by atoms with E-state index in [0.29, 0.717) is 23.5 Å². The summed E-state index contributed by atoms with van der Waals surface area (Å²) in [5.41, 5.74) is 0. The topological polar surface area (TPSA) is 76.7 Å². The highest BCUT2D eigenvalue weighted by Gasteiger charge is 2.22. The molecule has 0 bridgehead atoms. The molecule has 88 valence electrons. The van der Waals surface area contributed by atoms with Crippen LogP contribution in [0.1, 0.15) is 24.7 Å². The summed E-state index contributed by atoms with van der Waals surface area (Å²) in [6, 6.07) is 1.76. The van der Waals surface area contributed by atoms with Crippen molar-refractivity contribution in [2.75, 3.05) is 13.1 Å². The summed E-state index contributed by atoms with van der Waals surface area (Å²) in [6.45, 7) is 1.97. The molecule has 6 nitrogen and oxygen atoms in total. The van der Waals surface area contributed by atoms with Crippen molar-refractivity contribution in [3.05, 3.63) is 24.4 Å². The number of hydrogen-bond acceptors (Lipinski definition) is 6. The zero-order chi connectivity index (χ0) is 11.5. The molecule has 3 rings (SSSR count). The molecule has 17 heavy (non-hydrogen) atoms. The molecule has 6 heteroatoms. The Kier molecular flexibility index (Phi) is 2.79. The number of piperidine rings is 1. The first kappa shape index (κ1) is 10.3. The zero-order valence-electron chi connectivity index (χ0n) is 9.33. The third-order valence-corrected chi connectivity index (χ3v) is 2.85. The molecular weight excluding hydrogens is 218 g/mol. The second-order valence-corrected chi connectivity index (χ2v) is 4.07. The van der Waals surface area contributed by atoms with Crippen molar-refractivity contribution in [3.63, 3.8) is 0 Å². The van der Waals surface area contributed by atoms with Crippen LogP contribution >= 0.6 is 0 Å². The minimum Gasteiger partial charge on any atom is -0.339 e. The van der Waals surface area contributed by atoms with Crippen molar-refractivity contribution in [3.8, 4) is 11.6 Å². The number of nitrogens with zero attached hydrogens (tertiary/aromatic N) is 4. The van der Waals surface area contributed by atoms with Crippen molar-refractivity contribution in [2.45, 2.75) is 18.8 Å². The van der Waals surface area contributed by atoms with Crippen molar-refractivity contribution in [2.24, 2.45) is 0 Å². The Morgan fingerprint density at radius 1 is 1.24 bits per heavy atom. The third kappa shape index (κ3) is 2.16. The number of aromatic nitrogens is 4. The maximum atomic E-state index is 5.28. The van der Waals surface area contributed by atoms with E-state index >= 15 is 0 Å². The van der Waals surface area contributed by atoms with Crippen molar-refractivity contribution >= 4 is 0 Å². The Balaban J connectivity index is 1.83. The maximum Gasteiger partial charge on any atom is 0.240 e. The largest absolute Gasteiger partial charge is 0.339 e. The summed E-state index contributed by atoms with van der Waals surface area (Å²) in [4.78, 5) is 12.6. The lowest BCUT2D eigenvalue weighted by atomic mass is 10.00. The van der Waals surface area contributed by atoms with E-state index in [4.69, 9.17) is 4.52 Å². The van der Waals surface area contributed by atoms with Crippen molar-refractivity contribution in [1.82, 2.24) is 25.4 Å². The molecule has 0 amide bonds. The van der Waals surface area contributed by atoms with Gasteiger partial charge in [-0.05, 0) is 25.5 Å². The molecule has 2 aromatic rings. The molecule has 1 aliphatic rings. The van der Waals surface area contributed by atoms with Crippen molar-refractivity contribution < 1.29 is 4.52 Å². The average Bonchev–Trinajstić information content (AvgIpc) is 2.90. The van der Waals surface area contributed by atoms with Gasteiger partial charge in [-0.25, -0.2) is 9.97 Å². The molecule has 1 atom stereocenters. The quantitative estimate of drug-likeness (QED) is 0.830. The lowest BCUT2D eigenvalue weighted by molar-refractivity contribution is 0.322. The van der Waals surface area contributed by atoms with Gasteiger partial charge in [-0.2, -0.15) is 4.98 Å². The minimum absolute atomic E-state index is 0.314. The third-order valence-electron chi connectivity index (χ3n) is 2.85. The molecule has 1 saturated heterocycles. The van der Waals surface area contributed by atoms with Gasteiger partial charge in [0.25, 0.3) is 0 Å². The monoisotopic (exact) mass is 231 g/mol. The molecule has 0 saturated carbocycles. The van der Waals surface area contributed by atoms with Gasteiger partial charge in [0.2, 0.25) is 17.5 Å². The predicted octanol–water partition coefficient (Wildman–Crippen LogP) is 0.994. The Bertz CT molecular complexity index is 478. The standard InChI is InChI=1S/C11H13N5O/c1-3-8(7-12-4-1)11-15-10(16-17-11)9-13-5-2-6-14-9/h2,5-6,8,12H,1,3-4,7H2/t8-/m1/s1. The first-order valence-corrected chi connectivity index (χ1v) is 5.75. The summed E-state index contributed by atoms with van der Waals surface area (Å²) in [6.07, 6.45) is 5.57. The fourth-order valence-corrected chi connectivity index (χ4v) is 1.97. The molecule has 1 fully saturated rings. The van der Waals surface area contributed by atoms with Gasteiger partial charge in [-0.3, -0.25) is 0 Å². The fourth-order valence-electron chi connectivity index (χ4n) is 1.97. The summed E-state index contributed by atoms with van der Waals surface area (Å²) in [7, 11) is 0. The van der Waals surface area contributed by atoms with Crippen LogP contribution in [0, 0.1) is 0 Å². The van der Waals surface area contributed by atoms with E-state index < -0.39 is 0 Å². The van der Waals surface area contributed by atoms with Gasteiger partial charge in [0.05, 0.1) is 5.92 Å². The Morgan fingerprint density at radius 2 is 2.12 bits per heavy atom. The maximum absolute atomic E-state index is 5.28. The number of nitrogens with one attached hydrogen (secondary N) is 1. The zero-order valence-corrected chi connectivity index (χ0v) is 9.33. The van der Waals surface area contributed by atoms with E-state index in [0.717, 1.165) is 25.9 Å². The highest BCUT2D eigenvalue weighted by molar-refractivity contribution is 5.40. The number of rotatable bonds is 2.